The fourth-order valence-electron chi connectivity index (χ4n) is 2.18. The molecule has 2 aromatic rings. The first-order chi connectivity index (χ1) is 9.59. The van der Waals surface area contributed by atoms with E-state index in [4.69, 9.17) is 23.2 Å². The SMILES string of the molecule is O=C1C(=O)N(Cc2cccnc2)c2c(Cl)ccc(Cl)c21. The second-order valence-corrected chi connectivity index (χ2v) is 5.15. The average molecular weight is 307 g/mol. The van der Waals surface area contributed by atoms with Crippen molar-refractivity contribution in [2.45, 2.75) is 6.54 Å². The molecule has 2 heterocycles. The van der Waals surface area contributed by atoms with Gasteiger partial charge in [-0.2, -0.15) is 0 Å². The molecule has 0 fully saturated rings. The van der Waals surface area contributed by atoms with Crippen LogP contribution in [0.5, 0.6) is 0 Å². The van der Waals surface area contributed by atoms with Crippen molar-refractivity contribution in [2.75, 3.05) is 4.90 Å². The third-order valence-corrected chi connectivity index (χ3v) is 3.70. The summed E-state index contributed by atoms with van der Waals surface area (Å²) < 4.78 is 0. The van der Waals surface area contributed by atoms with Gasteiger partial charge in [0.15, 0.2) is 0 Å². The molecule has 0 saturated carbocycles. The quantitative estimate of drug-likeness (QED) is 0.801. The second kappa shape index (κ2) is 4.89. The van der Waals surface area contributed by atoms with Crippen molar-refractivity contribution in [3.63, 3.8) is 0 Å². The smallest absolute Gasteiger partial charge is 0.299 e. The number of Topliss-reactive ketones (excluding diaryl/α,β-unsaturated/α-hetero) is 1. The molecule has 3 rings (SSSR count). The Balaban J connectivity index is 2.09. The number of hydrogen-bond donors (Lipinski definition) is 0. The highest BCUT2D eigenvalue weighted by Crippen LogP contribution is 2.40. The number of halogens is 2. The van der Waals surface area contributed by atoms with Crippen molar-refractivity contribution in [2.24, 2.45) is 0 Å². The Labute approximate surface area is 124 Å². The number of ketones is 1. The molecule has 1 aromatic carbocycles. The molecule has 1 aliphatic rings. The van der Waals surface area contributed by atoms with Crippen molar-refractivity contribution in [1.82, 2.24) is 4.98 Å². The van der Waals surface area contributed by atoms with E-state index in [0.29, 0.717) is 10.7 Å². The van der Waals surface area contributed by atoms with Crippen molar-refractivity contribution in [3.05, 3.63) is 57.8 Å². The molecular formula is C14H8Cl2N2O2. The van der Waals surface area contributed by atoms with Crippen LogP contribution in [0.2, 0.25) is 10.0 Å². The number of fused-ring (bicyclic) bond motifs is 1. The zero-order valence-corrected chi connectivity index (χ0v) is 11.6. The van der Waals surface area contributed by atoms with Crippen LogP contribution in [0, 0.1) is 0 Å². The maximum atomic E-state index is 12.1. The predicted octanol–water partition coefficient (Wildman–Crippen LogP) is 3.12. The van der Waals surface area contributed by atoms with Crippen LogP contribution in [0.15, 0.2) is 36.7 Å². The van der Waals surface area contributed by atoms with Gasteiger partial charge in [-0.15, -0.1) is 0 Å². The molecule has 0 bridgehead atoms. The highest BCUT2D eigenvalue weighted by atomic mass is 35.5. The Hall–Kier alpha value is -1.91. The lowest BCUT2D eigenvalue weighted by Crippen LogP contribution is -2.29. The normalized spacial score (nSPS) is 13.8. The van der Waals surface area contributed by atoms with E-state index < -0.39 is 11.7 Å². The lowest BCUT2D eigenvalue weighted by molar-refractivity contribution is -0.114. The number of amides is 1. The topological polar surface area (TPSA) is 50.3 Å². The van der Waals surface area contributed by atoms with Crippen LogP contribution in [0.4, 0.5) is 5.69 Å². The maximum Gasteiger partial charge on any atom is 0.299 e. The van der Waals surface area contributed by atoms with Gasteiger partial charge in [0.25, 0.3) is 11.7 Å². The Bertz CT molecular complexity index is 717. The average Bonchev–Trinajstić information content (AvgIpc) is 2.70. The molecule has 100 valence electrons. The number of carbonyl (C=O) groups is 2. The first kappa shape index (κ1) is 13.1. The van der Waals surface area contributed by atoms with Gasteiger partial charge in [-0.1, -0.05) is 29.3 Å². The van der Waals surface area contributed by atoms with Crippen LogP contribution in [-0.2, 0) is 11.3 Å². The maximum absolute atomic E-state index is 12.1. The largest absolute Gasteiger partial charge is 0.299 e. The summed E-state index contributed by atoms with van der Waals surface area (Å²) in [6.45, 7) is 0.228. The Morgan fingerprint density at radius 1 is 1.10 bits per heavy atom. The molecule has 4 nitrogen and oxygen atoms in total. The fourth-order valence-corrected chi connectivity index (χ4v) is 2.67. The van der Waals surface area contributed by atoms with Crippen molar-refractivity contribution in [1.29, 1.82) is 0 Å². The summed E-state index contributed by atoms with van der Waals surface area (Å²) in [5.41, 5.74) is 1.35. The molecule has 6 heteroatoms. The van der Waals surface area contributed by atoms with E-state index in [9.17, 15) is 9.59 Å². The monoisotopic (exact) mass is 306 g/mol. The second-order valence-electron chi connectivity index (χ2n) is 4.33. The molecule has 1 aliphatic heterocycles. The molecule has 1 amide bonds. The molecule has 0 radical (unpaired) electrons. The van der Waals surface area contributed by atoms with Crippen molar-refractivity contribution >= 4 is 40.6 Å². The molecule has 20 heavy (non-hydrogen) atoms. The Morgan fingerprint density at radius 2 is 1.85 bits per heavy atom. The Morgan fingerprint density at radius 3 is 2.55 bits per heavy atom. The fraction of sp³-hybridized carbons (Fsp3) is 0.0714. The summed E-state index contributed by atoms with van der Waals surface area (Å²) in [6, 6.07) is 6.67. The van der Waals surface area contributed by atoms with Crippen molar-refractivity contribution < 1.29 is 9.59 Å². The summed E-state index contributed by atoms with van der Waals surface area (Å²) in [4.78, 5) is 29.5. The van der Waals surface area contributed by atoms with Gasteiger partial charge in [-0.3, -0.25) is 19.5 Å². The van der Waals surface area contributed by atoms with E-state index in [1.54, 1.807) is 24.5 Å². The highest BCUT2D eigenvalue weighted by molar-refractivity contribution is 6.56. The predicted molar refractivity (Wildman–Crippen MR) is 76.2 cm³/mol. The first-order valence-corrected chi connectivity index (χ1v) is 6.58. The molecule has 1 aromatic heterocycles. The lowest BCUT2D eigenvalue weighted by Gasteiger charge is -2.17. The van der Waals surface area contributed by atoms with Gasteiger partial charge in [0.05, 0.1) is 27.8 Å². The summed E-state index contributed by atoms with van der Waals surface area (Å²) in [7, 11) is 0. The van der Waals surface area contributed by atoms with E-state index >= 15 is 0 Å². The van der Waals surface area contributed by atoms with Gasteiger partial charge in [0.1, 0.15) is 0 Å². The molecule has 0 N–H and O–H groups in total. The summed E-state index contributed by atoms with van der Waals surface area (Å²) in [5, 5.41) is 0.559. The van der Waals surface area contributed by atoms with E-state index in [2.05, 4.69) is 4.98 Å². The zero-order valence-electron chi connectivity index (χ0n) is 10.1. The van der Waals surface area contributed by atoms with Crippen LogP contribution >= 0.6 is 23.2 Å². The third kappa shape index (κ3) is 1.97. The number of pyridine rings is 1. The van der Waals surface area contributed by atoms with Crippen LogP contribution in [0.3, 0.4) is 0 Å². The van der Waals surface area contributed by atoms with Crippen LogP contribution in [0.1, 0.15) is 15.9 Å². The summed E-state index contributed by atoms with van der Waals surface area (Å²) in [5.74, 6) is -1.25. The van der Waals surface area contributed by atoms with Crippen molar-refractivity contribution in [3.8, 4) is 0 Å². The minimum absolute atomic E-state index is 0.174. The minimum Gasteiger partial charge on any atom is -0.299 e. The summed E-state index contributed by atoms with van der Waals surface area (Å²) >= 11 is 12.1. The number of nitrogens with zero attached hydrogens (tertiary/aromatic N) is 2. The Kier molecular flexibility index (Phi) is 3.20. The number of aromatic nitrogens is 1. The summed E-state index contributed by atoms with van der Waals surface area (Å²) in [6.07, 6.45) is 3.27. The number of carbonyl (C=O) groups excluding carboxylic acids is 2. The van der Waals surface area contributed by atoms with Crippen LogP contribution < -0.4 is 4.90 Å². The molecule has 0 saturated heterocycles. The van der Waals surface area contributed by atoms with Crippen LogP contribution in [-0.4, -0.2) is 16.7 Å². The highest BCUT2D eigenvalue weighted by Gasteiger charge is 2.39. The number of benzene rings is 1. The molecular weight excluding hydrogens is 299 g/mol. The van der Waals surface area contributed by atoms with Gasteiger partial charge >= 0.3 is 0 Å². The van der Waals surface area contributed by atoms with Crippen LogP contribution in [0.25, 0.3) is 0 Å². The lowest BCUT2D eigenvalue weighted by atomic mass is 10.1. The van der Waals surface area contributed by atoms with Gasteiger partial charge in [0.2, 0.25) is 0 Å². The molecule has 0 atom stereocenters. The minimum atomic E-state index is -0.628. The first-order valence-electron chi connectivity index (χ1n) is 5.82. The van der Waals surface area contributed by atoms with Gasteiger partial charge in [0, 0.05) is 12.4 Å². The molecule has 0 unspecified atom stereocenters. The van der Waals surface area contributed by atoms with Gasteiger partial charge in [-0.05, 0) is 23.8 Å². The molecule has 0 aliphatic carbocycles. The van der Waals surface area contributed by atoms with E-state index in [-0.39, 0.29) is 17.1 Å². The van der Waals surface area contributed by atoms with E-state index in [1.807, 2.05) is 6.07 Å². The third-order valence-electron chi connectivity index (χ3n) is 3.08. The van der Waals surface area contributed by atoms with E-state index in [0.717, 1.165) is 5.56 Å². The number of rotatable bonds is 2. The standard InChI is InChI=1S/C14H8Cl2N2O2/c15-9-3-4-10(16)12-11(9)13(19)14(20)18(12)7-8-2-1-5-17-6-8/h1-6H,7H2. The van der Waals surface area contributed by atoms with E-state index in [1.165, 1.54) is 11.0 Å². The van der Waals surface area contributed by atoms with Gasteiger partial charge in [-0.25, -0.2) is 0 Å². The van der Waals surface area contributed by atoms with Gasteiger partial charge < -0.3 is 0 Å². The zero-order chi connectivity index (χ0) is 14.3. The number of anilines is 1. The molecule has 0 spiro atoms. The number of hydrogen-bond acceptors (Lipinski definition) is 3.